The van der Waals surface area contributed by atoms with Gasteiger partial charge in [0.1, 0.15) is 12.2 Å². The third kappa shape index (κ3) is 4.62. The zero-order chi connectivity index (χ0) is 21.7. The van der Waals surface area contributed by atoms with Gasteiger partial charge in [0.15, 0.2) is 0 Å². The Kier molecular flexibility index (Phi) is 7.05. The van der Waals surface area contributed by atoms with Gasteiger partial charge in [-0.25, -0.2) is 4.68 Å². The highest BCUT2D eigenvalue weighted by molar-refractivity contribution is 5.85. The molecule has 0 radical (unpaired) electrons. The molecule has 0 bridgehead atoms. The highest BCUT2D eigenvalue weighted by atomic mass is 16.5. The topological polar surface area (TPSA) is 78.2 Å². The summed E-state index contributed by atoms with van der Waals surface area (Å²) in [7, 11) is 0. The minimum atomic E-state index is -0.201. The van der Waals surface area contributed by atoms with Crippen molar-refractivity contribution >= 4 is 16.9 Å². The Hall–Kier alpha value is -2.93. The molecule has 0 aliphatic carbocycles. The van der Waals surface area contributed by atoms with Crippen LogP contribution in [0.15, 0.2) is 35.1 Å². The van der Waals surface area contributed by atoms with Gasteiger partial charge in [-0.3, -0.25) is 14.2 Å². The summed E-state index contributed by atoms with van der Waals surface area (Å²) in [5, 5.41) is 8.52. The van der Waals surface area contributed by atoms with E-state index in [9.17, 15) is 9.59 Å². The number of carbonyl (C=O) groups excluding carboxylic acids is 1. The number of hydrogen-bond donors (Lipinski definition) is 1. The van der Waals surface area contributed by atoms with Crippen molar-refractivity contribution in [1.82, 2.24) is 19.7 Å². The summed E-state index contributed by atoms with van der Waals surface area (Å²) < 4.78 is 8.58. The van der Waals surface area contributed by atoms with Crippen LogP contribution in [-0.2, 0) is 22.5 Å². The Morgan fingerprint density at radius 1 is 1.17 bits per heavy atom. The summed E-state index contributed by atoms with van der Waals surface area (Å²) in [5.74, 6) is -0.201. The molecule has 2 aromatic heterocycles. The van der Waals surface area contributed by atoms with Crippen LogP contribution in [0.4, 0.5) is 0 Å². The molecule has 30 heavy (non-hydrogen) atoms. The molecular weight excluding hydrogens is 380 g/mol. The van der Waals surface area contributed by atoms with E-state index in [1.165, 1.54) is 4.57 Å². The standard InChI is InChI=1S/C23H30N4O3/c1-5-18-14-21(29)26(15-20(28)24-12-7-13-30-6-2)23-22(18)17(4)25-27(23)19-10-8-16(3)9-11-19/h8-11,14H,5-7,12-13,15H2,1-4H3,(H,24,28). The van der Waals surface area contributed by atoms with E-state index in [1.54, 1.807) is 10.7 Å². The molecule has 7 heteroatoms. The summed E-state index contributed by atoms with van der Waals surface area (Å²) in [5.41, 5.74) is 4.25. The first-order chi connectivity index (χ1) is 14.5. The van der Waals surface area contributed by atoms with E-state index in [0.717, 1.165) is 40.7 Å². The van der Waals surface area contributed by atoms with E-state index in [1.807, 2.05) is 52.0 Å². The molecule has 0 unspecified atom stereocenters. The number of rotatable bonds is 9. The molecule has 3 aromatic rings. The van der Waals surface area contributed by atoms with E-state index >= 15 is 0 Å². The van der Waals surface area contributed by atoms with Gasteiger partial charge in [0.2, 0.25) is 5.91 Å². The molecule has 1 aromatic carbocycles. The zero-order valence-electron chi connectivity index (χ0n) is 18.2. The van der Waals surface area contributed by atoms with Gasteiger partial charge in [0.05, 0.1) is 11.4 Å². The van der Waals surface area contributed by atoms with Crippen molar-refractivity contribution in [2.24, 2.45) is 0 Å². The van der Waals surface area contributed by atoms with Crippen LogP contribution in [-0.4, -0.2) is 40.0 Å². The number of benzene rings is 1. The summed E-state index contributed by atoms with van der Waals surface area (Å²) >= 11 is 0. The fourth-order valence-electron chi connectivity index (χ4n) is 3.59. The molecule has 0 atom stereocenters. The van der Waals surface area contributed by atoms with Crippen molar-refractivity contribution in [3.8, 4) is 5.69 Å². The second kappa shape index (κ2) is 9.71. The van der Waals surface area contributed by atoms with Gasteiger partial charge >= 0.3 is 0 Å². The third-order valence-corrected chi connectivity index (χ3v) is 5.13. The largest absolute Gasteiger partial charge is 0.382 e. The van der Waals surface area contributed by atoms with Crippen molar-refractivity contribution in [2.45, 2.75) is 47.1 Å². The maximum Gasteiger partial charge on any atom is 0.252 e. The van der Waals surface area contributed by atoms with E-state index < -0.39 is 0 Å². The van der Waals surface area contributed by atoms with Crippen LogP contribution in [0.25, 0.3) is 16.7 Å². The smallest absolute Gasteiger partial charge is 0.252 e. The number of nitrogens with one attached hydrogen (secondary N) is 1. The first-order valence-corrected chi connectivity index (χ1v) is 10.5. The van der Waals surface area contributed by atoms with Gasteiger partial charge in [-0.1, -0.05) is 24.6 Å². The maximum atomic E-state index is 12.9. The predicted octanol–water partition coefficient (Wildman–Crippen LogP) is 2.91. The summed E-state index contributed by atoms with van der Waals surface area (Å²) in [4.78, 5) is 25.5. The molecule has 2 heterocycles. The van der Waals surface area contributed by atoms with E-state index in [2.05, 4.69) is 5.32 Å². The SMILES string of the molecule is CCOCCCNC(=O)Cn1c(=O)cc(CC)c2c(C)nn(-c3ccc(C)cc3)c21. The van der Waals surface area contributed by atoms with Crippen LogP contribution in [0.1, 0.15) is 37.1 Å². The molecule has 3 rings (SSSR count). The Morgan fingerprint density at radius 3 is 2.57 bits per heavy atom. The molecule has 0 aliphatic rings. The summed E-state index contributed by atoms with van der Waals surface area (Å²) in [6, 6.07) is 9.59. The molecule has 1 amide bonds. The fourth-order valence-corrected chi connectivity index (χ4v) is 3.59. The van der Waals surface area contributed by atoms with Crippen LogP contribution in [0.5, 0.6) is 0 Å². The van der Waals surface area contributed by atoms with Gasteiger partial charge in [0.25, 0.3) is 5.56 Å². The highest BCUT2D eigenvalue weighted by Crippen LogP contribution is 2.24. The van der Waals surface area contributed by atoms with Crippen LogP contribution in [0.3, 0.4) is 0 Å². The van der Waals surface area contributed by atoms with Gasteiger partial charge in [-0.15, -0.1) is 0 Å². The fraction of sp³-hybridized carbons (Fsp3) is 0.435. The Bertz CT molecular complexity index is 1080. The van der Waals surface area contributed by atoms with E-state index in [0.29, 0.717) is 25.4 Å². The number of nitrogens with zero attached hydrogens (tertiary/aromatic N) is 3. The molecular formula is C23H30N4O3. The third-order valence-electron chi connectivity index (χ3n) is 5.13. The normalized spacial score (nSPS) is 11.2. The van der Waals surface area contributed by atoms with Gasteiger partial charge in [-0.2, -0.15) is 5.10 Å². The lowest BCUT2D eigenvalue weighted by Crippen LogP contribution is -2.34. The van der Waals surface area contributed by atoms with Gasteiger partial charge in [-0.05, 0) is 51.3 Å². The average molecular weight is 411 g/mol. The number of aromatic nitrogens is 3. The molecule has 1 N–H and O–H groups in total. The van der Waals surface area contributed by atoms with Crippen molar-refractivity contribution < 1.29 is 9.53 Å². The van der Waals surface area contributed by atoms with Crippen LogP contribution < -0.4 is 10.9 Å². The van der Waals surface area contributed by atoms with Crippen LogP contribution in [0, 0.1) is 13.8 Å². The maximum absolute atomic E-state index is 12.9. The Labute approximate surface area is 176 Å². The highest BCUT2D eigenvalue weighted by Gasteiger charge is 2.19. The number of carbonyl (C=O) groups is 1. The average Bonchev–Trinajstić information content (AvgIpc) is 3.07. The van der Waals surface area contributed by atoms with E-state index in [-0.39, 0.29) is 18.0 Å². The number of fused-ring (bicyclic) bond motifs is 1. The van der Waals surface area contributed by atoms with Crippen molar-refractivity contribution in [3.05, 3.63) is 57.5 Å². The Balaban J connectivity index is 2.01. The lowest BCUT2D eigenvalue weighted by molar-refractivity contribution is -0.121. The van der Waals surface area contributed by atoms with Crippen molar-refractivity contribution in [2.75, 3.05) is 19.8 Å². The predicted molar refractivity (Wildman–Crippen MR) is 118 cm³/mol. The number of amides is 1. The molecule has 160 valence electrons. The Morgan fingerprint density at radius 2 is 1.90 bits per heavy atom. The second-order valence-corrected chi connectivity index (χ2v) is 7.38. The molecule has 0 saturated carbocycles. The number of pyridine rings is 1. The quantitative estimate of drug-likeness (QED) is 0.550. The minimum absolute atomic E-state index is 0.0506. The van der Waals surface area contributed by atoms with Crippen molar-refractivity contribution in [1.29, 1.82) is 0 Å². The molecule has 0 spiro atoms. The molecule has 0 fully saturated rings. The lowest BCUT2D eigenvalue weighted by atomic mass is 10.1. The second-order valence-electron chi connectivity index (χ2n) is 7.38. The minimum Gasteiger partial charge on any atom is -0.382 e. The first-order valence-electron chi connectivity index (χ1n) is 10.5. The molecule has 7 nitrogen and oxygen atoms in total. The summed E-state index contributed by atoms with van der Waals surface area (Å²) in [6.45, 7) is 9.65. The lowest BCUT2D eigenvalue weighted by Gasteiger charge is -2.13. The van der Waals surface area contributed by atoms with Crippen molar-refractivity contribution in [3.63, 3.8) is 0 Å². The van der Waals surface area contributed by atoms with Crippen LogP contribution in [0.2, 0.25) is 0 Å². The van der Waals surface area contributed by atoms with E-state index in [4.69, 9.17) is 9.84 Å². The van der Waals surface area contributed by atoms with Gasteiger partial charge < -0.3 is 10.1 Å². The number of ether oxygens (including phenoxy) is 1. The molecule has 0 saturated heterocycles. The van der Waals surface area contributed by atoms with Gasteiger partial charge in [0, 0.05) is 31.2 Å². The first kappa shape index (κ1) is 21.8. The zero-order valence-corrected chi connectivity index (χ0v) is 18.2. The monoisotopic (exact) mass is 410 g/mol. The molecule has 0 aliphatic heterocycles. The summed E-state index contributed by atoms with van der Waals surface area (Å²) in [6.07, 6.45) is 1.45. The number of hydrogen-bond acceptors (Lipinski definition) is 4. The van der Waals surface area contributed by atoms with Crippen LogP contribution >= 0.6 is 0 Å². The number of aryl methyl sites for hydroxylation is 3.